The molecule has 1 nitrogen and oxygen atoms in total. The van der Waals surface area contributed by atoms with E-state index in [1.165, 1.54) is 25.0 Å². The minimum atomic E-state index is -4.26. The minimum Gasteiger partial charge on any atom is -0.310 e. The third-order valence-corrected chi connectivity index (χ3v) is 3.15. The largest absolute Gasteiger partial charge is 0.416 e. The molecular formula is C15H22F3N. The number of benzene rings is 1. The summed E-state index contributed by atoms with van der Waals surface area (Å²) in [6.45, 7) is 4.71. The zero-order valence-corrected chi connectivity index (χ0v) is 11.6. The van der Waals surface area contributed by atoms with E-state index in [0.29, 0.717) is 18.2 Å². The van der Waals surface area contributed by atoms with Crippen LogP contribution in [0.1, 0.15) is 50.7 Å². The molecular weight excluding hydrogens is 251 g/mol. The molecule has 1 aromatic rings. The molecule has 0 amide bonds. The van der Waals surface area contributed by atoms with Crippen LogP contribution < -0.4 is 5.32 Å². The van der Waals surface area contributed by atoms with Gasteiger partial charge in [-0.1, -0.05) is 44.4 Å². The standard InChI is InChI=1S/C15H22F3N/c1-3-4-5-7-12(2)19-11-13-8-6-9-14(10-13)15(16,17)18/h6,8-10,12,19H,3-5,7,11H2,1-2H3. The molecule has 0 saturated heterocycles. The van der Waals surface area contributed by atoms with Gasteiger partial charge in [0.1, 0.15) is 0 Å². The fourth-order valence-electron chi connectivity index (χ4n) is 1.95. The predicted octanol–water partition coefficient (Wildman–Crippen LogP) is 4.76. The summed E-state index contributed by atoms with van der Waals surface area (Å²) in [6, 6.07) is 5.84. The average Bonchev–Trinajstić information content (AvgIpc) is 2.36. The van der Waals surface area contributed by atoms with E-state index in [2.05, 4.69) is 19.2 Å². The van der Waals surface area contributed by atoms with Crippen molar-refractivity contribution in [2.24, 2.45) is 0 Å². The molecule has 19 heavy (non-hydrogen) atoms. The number of rotatable bonds is 7. The van der Waals surface area contributed by atoms with Crippen LogP contribution in [0.4, 0.5) is 13.2 Å². The van der Waals surface area contributed by atoms with Crippen molar-refractivity contribution >= 4 is 0 Å². The predicted molar refractivity (Wildman–Crippen MR) is 71.9 cm³/mol. The van der Waals surface area contributed by atoms with Gasteiger partial charge in [-0.2, -0.15) is 13.2 Å². The van der Waals surface area contributed by atoms with Gasteiger partial charge in [-0.3, -0.25) is 0 Å². The monoisotopic (exact) mass is 273 g/mol. The SMILES string of the molecule is CCCCCC(C)NCc1cccc(C(F)(F)F)c1. The van der Waals surface area contributed by atoms with Crippen LogP contribution in [0.25, 0.3) is 0 Å². The van der Waals surface area contributed by atoms with E-state index in [9.17, 15) is 13.2 Å². The van der Waals surface area contributed by atoms with Gasteiger partial charge in [0.05, 0.1) is 5.56 Å². The molecule has 108 valence electrons. The molecule has 1 aromatic carbocycles. The Labute approximate surface area is 113 Å². The maximum absolute atomic E-state index is 12.6. The second-order valence-electron chi connectivity index (χ2n) is 4.98. The van der Waals surface area contributed by atoms with Gasteiger partial charge in [0.15, 0.2) is 0 Å². The van der Waals surface area contributed by atoms with Crippen molar-refractivity contribution in [3.63, 3.8) is 0 Å². The first-order valence-electron chi connectivity index (χ1n) is 6.83. The molecule has 0 heterocycles. The third kappa shape index (κ3) is 6.10. The van der Waals surface area contributed by atoms with Crippen molar-refractivity contribution in [2.75, 3.05) is 0 Å². The highest BCUT2D eigenvalue weighted by molar-refractivity contribution is 5.25. The Morgan fingerprint density at radius 1 is 1.21 bits per heavy atom. The van der Waals surface area contributed by atoms with Crippen molar-refractivity contribution < 1.29 is 13.2 Å². The smallest absolute Gasteiger partial charge is 0.310 e. The molecule has 0 fully saturated rings. The third-order valence-electron chi connectivity index (χ3n) is 3.15. The van der Waals surface area contributed by atoms with Crippen molar-refractivity contribution in [1.29, 1.82) is 0 Å². The van der Waals surface area contributed by atoms with Crippen LogP contribution >= 0.6 is 0 Å². The van der Waals surface area contributed by atoms with E-state index in [4.69, 9.17) is 0 Å². The first-order valence-corrected chi connectivity index (χ1v) is 6.83. The molecule has 0 aromatic heterocycles. The normalized spacial score (nSPS) is 13.5. The summed E-state index contributed by atoms with van der Waals surface area (Å²) in [6.07, 6.45) is 0.346. The zero-order valence-electron chi connectivity index (χ0n) is 11.6. The maximum atomic E-state index is 12.6. The summed E-state index contributed by atoms with van der Waals surface area (Å²) >= 11 is 0. The van der Waals surface area contributed by atoms with Crippen molar-refractivity contribution in [1.82, 2.24) is 5.32 Å². The Kier molecular flexibility index (Phi) is 6.35. The number of alkyl halides is 3. The Morgan fingerprint density at radius 2 is 1.95 bits per heavy atom. The van der Waals surface area contributed by atoms with E-state index >= 15 is 0 Å². The fourth-order valence-corrected chi connectivity index (χ4v) is 1.95. The molecule has 0 saturated carbocycles. The van der Waals surface area contributed by atoms with Crippen molar-refractivity contribution in [2.45, 2.75) is 58.3 Å². The van der Waals surface area contributed by atoms with Crippen LogP contribution in [-0.4, -0.2) is 6.04 Å². The highest BCUT2D eigenvalue weighted by Gasteiger charge is 2.30. The molecule has 0 bridgehead atoms. The topological polar surface area (TPSA) is 12.0 Å². The van der Waals surface area contributed by atoms with Crippen LogP contribution in [0, 0.1) is 0 Å². The van der Waals surface area contributed by atoms with E-state index in [-0.39, 0.29) is 0 Å². The van der Waals surface area contributed by atoms with Crippen LogP contribution in [0.15, 0.2) is 24.3 Å². The van der Waals surface area contributed by atoms with Gasteiger partial charge in [-0.15, -0.1) is 0 Å². The molecule has 1 atom stereocenters. The first-order chi connectivity index (χ1) is 8.93. The average molecular weight is 273 g/mol. The van der Waals surface area contributed by atoms with Gasteiger partial charge in [0.2, 0.25) is 0 Å². The molecule has 1 rings (SSSR count). The fraction of sp³-hybridized carbons (Fsp3) is 0.600. The summed E-state index contributed by atoms with van der Waals surface area (Å²) in [7, 11) is 0. The summed E-state index contributed by atoms with van der Waals surface area (Å²) in [5, 5.41) is 3.27. The number of hydrogen-bond donors (Lipinski definition) is 1. The van der Waals surface area contributed by atoms with Gasteiger partial charge in [0.25, 0.3) is 0 Å². The van der Waals surface area contributed by atoms with Gasteiger partial charge in [-0.25, -0.2) is 0 Å². The lowest BCUT2D eigenvalue weighted by molar-refractivity contribution is -0.137. The highest BCUT2D eigenvalue weighted by atomic mass is 19.4. The van der Waals surface area contributed by atoms with Gasteiger partial charge in [0, 0.05) is 12.6 Å². The summed E-state index contributed by atoms with van der Waals surface area (Å²) in [5.41, 5.74) is 0.0996. The number of nitrogens with one attached hydrogen (secondary N) is 1. The summed E-state index contributed by atoms with van der Waals surface area (Å²) < 4.78 is 37.7. The van der Waals surface area contributed by atoms with Gasteiger partial charge in [-0.05, 0) is 25.0 Å². The van der Waals surface area contributed by atoms with E-state index in [1.807, 2.05) is 0 Å². The molecule has 0 aliphatic heterocycles. The highest BCUT2D eigenvalue weighted by Crippen LogP contribution is 2.29. The van der Waals surface area contributed by atoms with Gasteiger partial charge < -0.3 is 5.32 Å². The Balaban J connectivity index is 2.45. The maximum Gasteiger partial charge on any atom is 0.416 e. The minimum absolute atomic E-state index is 0.334. The molecule has 4 heteroatoms. The number of halogens is 3. The van der Waals surface area contributed by atoms with Crippen LogP contribution in [0.5, 0.6) is 0 Å². The molecule has 0 aliphatic carbocycles. The Morgan fingerprint density at radius 3 is 2.58 bits per heavy atom. The lowest BCUT2D eigenvalue weighted by Crippen LogP contribution is -2.25. The molecule has 0 aliphatic rings. The number of unbranched alkanes of at least 4 members (excludes halogenated alkanes) is 2. The Bertz CT molecular complexity index is 374. The first kappa shape index (κ1) is 16.0. The number of hydrogen-bond acceptors (Lipinski definition) is 1. The second kappa shape index (κ2) is 7.53. The van der Waals surface area contributed by atoms with E-state index in [1.54, 1.807) is 6.07 Å². The summed E-state index contributed by atoms with van der Waals surface area (Å²) in [4.78, 5) is 0. The van der Waals surface area contributed by atoms with E-state index in [0.717, 1.165) is 18.9 Å². The van der Waals surface area contributed by atoms with E-state index < -0.39 is 11.7 Å². The quantitative estimate of drug-likeness (QED) is 0.706. The molecule has 1 unspecified atom stereocenters. The Hall–Kier alpha value is -1.03. The van der Waals surface area contributed by atoms with Gasteiger partial charge >= 0.3 is 6.18 Å². The van der Waals surface area contributed by atoms with Crippen LogP contribution in [0.2, 0.25) is 0 Å². The molecule has 0 radical (unpaired) electrons. The second-order valence-corrected chi connectivity index (χ2v) is 4.98. The lowest BCUT2D eigenvalue weighted by atomic mass is 10.1. The van der Waals surface area contributed by atoms with Crippen LogP contribution in [-0.2, 0) is 12.7 Å². The molecule has 0 spiro atoms. The van der Waals surface area contributed by atoms with Crippen LogP contribution in [0.3, 0.4) is 0 Å². The van der Waals surface area contributed by atoms with Crippen molar-refractivity contribution in [3.05, 3.63) is 35.4 Å². The lowest BCUT2D eigenvalue weighted by Gasteiger charge is -2.14. The van der Waals surface area contributed by atoms with Crippen molar-refractivity contribution in [3.8, 4) is 0 Å². The molecule has 1 N–H and O–H groups in total. The zero-order chi connectivity index (χ0) is 14.3. The summed E-state index contributed by atoms with van der Waals surface area (Å²) in [5.74, 6) is 0.